The van der Waals surface area contributed by atoms with Crippen LogP contribution in [0.2, 0.25) is 5.02 Å². The van der Waals surface area contributed by atoms with Crippen molar-refractivity contribution in [3.05, 3.63) is 136 Å². The molecule has 5 rings (SSSR count). The standard InChI is InChI=1S/C34H26ClFN4O3S2/c1-21(31(41)40-34-39-30(20-44-34)22-9-4-2-5-10-22)45-25-17-15-24(16-18-25)37-33(43)29(19-26-27(35)13-8-14-28(26)36)38-32(42)23-11-6-3-7-12-23/h2-21H,1H3,(H,37,43)(H,38,42)(H,39,40,41)/b29-19-. The first-order chi connectivity index (χ1) is 21.8. The van der Waals surface area contributed by atoms with Crippen molar-refractivity contribution in [2.45, 2.75) is 17.1 Å². The molecule has 11 heteroatoms. The number of thiazole rings is 1. The number of rotatable bonds is 10. The van der Waals surface area contributed by atoms with E-state index in [1.165, 1.54) is 47.4 Å². The van der Waals surface area contributed by atoms with Crippen LogP contribution in [0.15, 0.2) is 119 Å². The lowest BCUT2D eigenvalue weighted by Crippen LogP contribution is -2.30. The fourth-order valence-electron chi connectivity index (χ4n) is 4.09. The molecule has 0 saturated heterocycles. The molecule has 7 nitrogen and oxygen atoms in total. The fraction of sp³-hybridized carbons (Fsp3) is 0.0588. The van der Waals surface area contributed by atoms with E-state index in [0.29, 0.717) is 16.4 Å². The third kappa shape index (κ3) is 8.45. The van der Waals surface area contributed by atoms with Crippen molar-refractivity contribution in [1.29, 1.82) is 0 Å². The zero-order valence-corrected chi connectivity index (χ0v) is 26.2. The van der Waals surface area contributed by atoms with Gasteiger partial charge in [-0.2, -0.15) is 0 Å². The highest BCUT2D eigenvalue weighted by Crippen LogP contribution is 2.28. The number of halogens is 2. The lowest BCUT2D eigenvalue weighted by molar-refractivity contribution is -0.115. The topological polar surface area (TPSA) is 100 Å². The summed E-state index contributed by atoms with van der Waals surface area (Å²) in [6, 6.07) is 29.1. The molecule has 0 saturated carbocycles. The Hall–Kier alpha value is -4.77. The molecule has 1 unspecified atom stereocenters. The van der Waals surface area contributed by atoms with Gasteiger partial charge in [-0.1, -0.05) is 66.2 Å². The molecule has 1 aromatic heterocycles. The molecule has 1 heterocycles. The van der Waals surface area contributed by atoms with E-state index in [4.69, 9.17) is 11.6 Å². The average Bonchev–Trinajstić information content (AvgIpc) is 3.52. The highest BCUT2D eigenvalue weighted by Gasteiger charge is 2.19. The van der Waals surface area contributed by atoms with Gasteiger partial charge in [0.2, 0.25) is 5.91 Å². The molecule has 1 atom stereocenters. The van der Waals surface area contributed by atoms with Gasteiger partial charge in [0.05, 0.1) is 16.0 Å². The maximum atomic E-state index is 14.6. The van der Waals surface area contributed by atoms with Gasteiger partial charge in [0.25, 0.3) is 11.8 Å². The molecule has 0 radical (unpaired) electrons. The number of nitrogens with one attached hydrogen (secondary N) is 3. The highest BCUT2D eigenvalue weighted by molar-refractivity contribution is 8.00. The minimum Gasteiger partial charge on any atom is -0.321 e. The van der Waals surface area contributed by atoms with Gasteiger partial charge in [-0.25, -0.2) is 9.37 Å². The first-order valence-electron chi connectivity index (χ1n) is 13.7. The number of amides is 3. The number of aromatic nitrogens is 1. The summed E-state index contributed by atoms with van der Waals surface area (Å²) in [7, 11) is 0. The minimum atomic E-state index is -0.676. The number of thioether (sulfide) groups is 1. The summed E-state index contributed by atoms with van der Waals surface area (Å²) in [6.45, 7) is 1.79. The van der Waals surface area contributed by atoms with Gasteiger partial charge in [-0.3, -0.25) is 14.4 Å². The second-order valence-corrected chi connectivity index (χ2v) is 12.3. The number of carbonyl (C=O) groups is 3. The minimum absolute atomic E-state index is 0.0364. The molecule has 226 valence electrons. The molecule has 3 N–H and O–H groups in total. The summed E-state index contributed by atoms with van der Waals surface area (Å²) in [4.78, 5) is 44.3. The van der Waals surface area contributed by atoms with Crippen molar-refractivity contribution < 1.29 is 18.8 Å². The third-order valence-corrected chi connectivity index (χ3v) is 8.61. The zero-order chi connectivity index (χ0) is 31.8. The molecular weight excluding hydrogens is 631 g/mol. The van der Waals surface area contributed by atoms with Crippen LogP contribution in [-0.2, 0) is 9.59 Å². The van der Waals surface area contributed by atoms with Gasteiger partial charge in [0, 0.05) is 32.7 Å². The van der Waals surface area contributed by atoms with E-state index in [0.717, 1.165) is 16.2 Å². The van der Waals surface area contributed by atoms with Crippen LogP contribution in [0.5, 0.6) is 0 Å². The van der Waals surface area contributed by atoms with E-state index < -0.39 is 22.9 Å². The Morgan fingerprint density at radius 3 is 2.27 bits per heavy atom. The summed E-state index contributed by atoms with van der Waals surface area (Å²) in [5.74, 6) is -2.06. The van der Waals surface area contributed by atoms with Gasteiger partial charge in [0.15, 0.2) is 5.13 Å². The third-order valence-electron chi connectivity index (χ3n) is 6.42. The Morgan fingerprint density at radius 1 is 0.889 bits per heavy atom. The zero-order valence-electron chi connectivity index (χ0n) is 23.8. The number of hydrogen-bond donors (Lipinski definition) is 3. The molecule has 0 spiro atoms. The predicted molar refractivity (Wildman–Crippen MR) is 180 cm³/mol. The number of anilines is 2. The molecular formula is C34H26ClFN4O3S2. The normalized spacial score (nSPS) is 11.8. The van der Waals surface area contributed by atoms with Gasteiger partial charge in [0.1, 0.15) is 11.5 Å². The van der Waals surface area contributed by atoms with Gasteiger partial charge < -0.3 is 16.0 Å². The van der Waals surface area contributed by atoms with Crippen molar-refractivity contribution in [1.82, 2.24) is 10.3 Å². The van der Waals surface area contributed by atoms with Crippen LogP contribution in [0.4, 0.5) is 15.2 Å². The van der Waals surface area contributed by atoms with Crippen LogP contribution < -0.4 is 16.0 Å². The molecule has 0 fully saturated rings. The van der Waals surface area contributed by atoms with Gasteiger partial charge >= 0.3 is 0 Å². The molecule has 5 aromatic rings. The Labute approximate surface area is 272 Å². The lowest BCUT2D eigenvalue weighted by atomic mass is 10.1. The maximum absolute atomic E-state index is 14.6. The van der Waals surface area contributed by atoms with Crippen molar-refractivity contribution in [3.63, 3.8) is 0 Å². The van der Waals surface area contributed by atoms with E-state index in [2.05, 4.69) is 20.9 Å². The van der Waals surface area contributed by atoms with Gasteiger partial charge in [-0.15, -0.1) is 23.1 Å². The lowest BCUT2D eigenvalue weighted by Gasteiger charge is -2.13. The Bertz CT molecular complexity index is 1830. The second kappa shape index (κ2) is 14.8. The van der Waals surface area contributed by atoms with E-state index in [1.807, 2.05) is 35.7 Å². The molecule has 45 heavy (non-hydrogen) atoms. The average molecular weight is 657 g/mol. The number of benzene rings is 4. The largest absolute Gasteiger partial charge is 0.321 e. The fourth-order valence-corrected chi connectivity index (χ4v) is 5.90. The van der Waals surface area contributed by atoms with Crippen molar-refractivity contribution >= 4 is 69.3 Å². The Morgan fingerprint density at radius 2 is 1.58 bits per heavy atom. The summed E-state index contributed by atoms with van der Waals surface area (Å²) < 4.78 is 14.6. The Balaban J connectivity index is 1.24. The first kappa shape index (κ1) is 31.6. The van der Waals surface area contributed by atoms with E-state index in [9.17, 15) is 18.8 Å². The molecule has 0 aliphatic carbocycles. The van der Waals surface area contributed by atoms with E-state index in [1.54, 1.807) is 61.5 Å². The van der Waals surface area contributed by atoms with Crippen LogP contribution in [0.1, 0.15) is 22.8 Å². The van der Waals surface area contributed by atoms with Crippen LogP contribution >= 0.6 is 34.7 Å². The molecule has 3 amide bonds. The van der Waals surface area contributed by atoms with E-state index in [-0.39, 0.29) is 22.2 Å². The maximum Gasteiger partial charge on any atom is 0.272 e. The van der Waals surface area contributed by atoms with Crippen LogP contribution in [0, 0.1) is 5.82 Å². The SMILES string of the molecule is CC(Sc1ccc(NC(=O)/C(=C/c2c(F)cccc2Cl)NC(=O)c2ccccc2)cc1)C(=O)Nc1nc(-c2ccccc2)cs1. The first-order valence-corrected chi connectivity index (χ1v) is 15.8. The summed E-state index contributed by atoms with van der Waals surface area (Å²) >= 11 is 8.89. The van der Waals surface area contributed by atoms with Crippen LogP contribution in [-0.4, -0.2) is 28.0 Å². The molecule has 0 aliphatic rings. The van der Waals surface area contributed by atoms with Crippen molar-refractivity contribution in [3.8, 4) is 11.3 Å². The quantitative estimate of drug-likeness (QED) is 0.104. The molecule has 4 aromatic carbocycles. The van der Waals surface area contributed by atoms with Gasteiger partial charge in [-0.05, 0) is 61.5 Å². The summed E-state index contributed by atoms with van der Waals surface area (Å²) in [5, 5.41) is 10.2. The molecule has 0 bridgehead atoms. The van der Waals surface area contributed by atoms with Crippen LogP contribution in [0.25, 0.3) is 17.3 Å². The predicted octanol–water partition coefficient (Wildman–Crippen LogP) is 8.13. The van der Waals surface area contributed by atoms with Crippen LogP contribution in [0.3, 0.4) is 0 Å². The summed E-state index contributed by atoms with van der Waals surface area (Å²) in [5.41, 5.74) is 2.28. The van der Waals surface area contributed by atoms with Crippen molar-refractivity contribution in [2.75, 3.05) is 10.6 Å². The Kier molecular flexibility index (Phi) is 10.4. The molecule has 0 aliphatic heterocycles. The smallest absolute Gasteiger partial charge is 0.272 e. The number of hydrogen-bond acceptors (Lipinski definition) is 6. The second-order valence-electron chi connectivity index (χ2n) is 9.65. The monoisotopic (exact) mass is 656 g/mol. The number of nitrogens with zero attached hydrogens (tertiary/aromatic N) is 1. The number of carbonyl (C=O) groups excluding carboxylic acids is 3. The summed E-state index contributed by atoms with van der Waals surface area (Å²) in [6.07, 6.45) is 1.20. The van der Waals surface area contributed by atoms with E-state index >= 15 is 0 Å². The van der Waals surface area contributed by atoms with Crippen molar-refractivity contribution in [2.24, 2.45) is 0 Å². The highest BCUT2D eigenvalue weighted by atomic mass is 35.5.